The fourth-order valence-electron chi connectivity index (χ4n) is 4.22. The van der Waals surface area contributed by atoms with Crippen molar-refractivity contribution >= 4 is 38.3 Å². The average Bonchev–Trinajstić information content (AvgIpc) is 2.89. The molecule has 1 amide bonds. The van der Waals surface area contributed by atoms with Gasteiger partial charge in [-0.1, -0.05) is 0 Å². The van der Waals surface area contributed by atoms with E-state index in [9.17, 15) is 18.0 Å². The number of nitrogens with zero attached hydrogens (tertiary/aromatic N) is 2. The number of ether oxygens (including phenoxy) is 2. The number of fused-ring (bicyclic) bond motifs is 1. The van der Waals surface area contributed by atoms with Crippen LogP contribution in [-0.2, 0) is 19.5 Å². The Labute approximate surface area is 202 Å². The Hall–Kier alpha value is -3.25. The summed E-state index contributed by atoms with van der Waals surface area (Å²) in [5, 5.41) is 3.51. The van der Waals surface area contributed by atoms with Gasteiger partial charge in [-0.15, -0.1) is 0 Å². The molecule has 0 atom stereocenters. The summed E-state index contributed by atoms with van der Waals surface area (Å²) in [6.07, 6.45) is 0. The molecule has 0 saturated carbocycles. The third kappa shape index (κ3) is 4.94. The van der Waals surface area contributed by atoms with Crippen molar-refractivity contribution in [3.8, 4) is 0 Å². The Bertz CT molecular complexity index is 1410. The number of amides is 1. The molecule has 184 valence electrons. The lowest BCUT2D eigenvalue weighted by Crippen LogP contribution is -2.41. The summed E-state index contributed by atoms with van der Waals surface area (Å²) in [4.78, 5) is 27.0. The molecule has 0 bridgehead atoms. The number of hydrogen-bond donors (Lipinski definition) is 1. The number of rotatable bonds is 5. The van der Waals surface area contributed by atoms with Crippen molar-refractivity contribution < 1.29 is 27.1 Å². The molecule has 5 rings (SSSR count). The zero-order chi connectivity index (χ0) is 24.4. The van der Waals surface area contributed by atoms with Gasteiger partial charge >= 0.3 is 5.63 Å². The molecule has 2 aliphatic heterocycles. The first kappa shape index (κ1) is 23.5. The van der Waals surface area contributed by atoms with Crippen LogP contribution in [0.1, 0.15) is 10.4 Å². The normalized spacial score (nSPS) is 17.4. The summed E-state index contributed by atoms with van der Waals surface area (Å²) in [5.74, 6) is -0.442. The zero-order valence-corrected chi connectivity index (χ0v) is 19.8. The van der Waals surface area contributed by atoms with Gasteiger partial charge in [-0.3, -0.25) is 4.79 Å². The highest BCUT2D eigenvalue weighted by Gasteiger charge is 2.29. The van der Waals surface area contributed by atoms with Gasteiger partial charge in [-0.25, -0.2) is 13.2 Å². The molecule has 3 aromatic rings. The van der Waals surface area contributed by atoms with E-state index in [4.69, 9.17) is 13.9 Å². The molecule has 1 aromatic heterocycles. The highest BCUT2D eigenvalue weighted by atomic mass is 32.2. The Morgan fingerprint density at radius 3 is 2.31 bits per heavy atom. The minimum atomic E-state index is -3.78. The lowest BCUT2D eigenvalue weighted by molar-refractivity contribution is 0.0730. The van der Waals surface area contributed by atoms with Gasteiger partial charge in [0.25, 0.3) is 5.91 Å². The number of benzene rings is 2. The Balaban J connectivity index is 1.50. The molecule has 2 aliphatic rings. The Kier molecular flexibility index (Phi) is 6.56. The van der Waals surface area contributed by atoms with Crippen LogP contribution in [0.25, 0.3) is 11.0 Å². The molecule has 0 radical (unpaired) electrons. The SMILES string of the molecule is O=C(Nc1ccc2oc(=O)ccc2c1)c1cc(S(=O)(=O)N2CCOCC2)ccc1N1CCOCC1. The summed E-state index contributed by atoms with van der Waals surface area (Å²) in [6, 6.07) is 12.5. The predicted molar refractivity (Wildman–Crippen MR) is 129 cm³/mol. The number of nitrogens with one attached hydrogen (secondary N) is 1. The summed E-state index contributed by atoms with van der Waals surface area (Å²) >= 11 is 0. The Morgan fingerprint density at radius 1 is 0.857 bits per heavy atom. The molecule has 2 aromatic carbocycles. The second-order valence-corrected chi connectivity index (χ2v) is 10.2. The van der Waals surface area contributed by atoms with E-state index in [0.717, 1.165) is 0 Å². The largest absolute Gasteiger partial charge is 0.423 e. The van der Waals surface area contributed by atoms with Gasteiger partial charge in [-0.2, -0.15) is 4.31 Å². The fraction of sp³-hybridized carbons (Fsp3) is 0.333. The molecule has 1 N–H and O–H groups in total. The van der Waals surface area contributed by atoms with Crippen LogP contribution in [-0.4, -0.2) is 71.2 Å². The van der Waals surface area contributed by atoms with E-state index in [-0.39, 0.29) is 23.5 Å². The quantitative estimate of drug-likeness (QED) is 0.529. The van der Waals surface area contributed by atoms with Crippen LogP contribution in [0.15, 0.2) is 62.6 Å². The highest BCUT2D eigenvalue weighted by molar-refractivity contribution is 7.89. The van der Waals surface area contributed by atoms with Crippen molar-refractivity contribution in [2.24, 2.45) is 0 Å². The van der Waals surface area contributed by atoms with Crippen molar-refractivity contribution in [2.75, 3.05) is 62.8 Å². The zero-order valence-electron chi connectivity index (χ0n) is 18.9. The molecule has 3 heterocycles. The first-order chi connectivity index (χ1) is 16.9. The third-order valence-electron chi connectivity index (χ3n) is 6.05. The van der Waals surface area contributed by atoms with Gasteiger partial charge < -0.3 is 24.1 Å². The first-order valence-corrected chi connectivity index (χ1v) is 12.8. The molecule has 0 aliphatic carbocycles. The molecule has 0 spiro atoms. The number of sulfonamides is 1. The van der Waals surface area contributed by atoms with Crippen LogP contribution >= 0.6 is 0 Å². The van der Waals surface area contributed by atoms with Gasteiger partial charge in [0.2, 0.25) is 10.0 Å². The highest BCUT2D eigenvalue weighted by Crippen LogP contribution is 2.28. The lowest BCUT2D eigenvalue weighted by atomic mass is 10.1. The minimum Gasteiger partial charge on any atom is -0.423 e. The monoisotopic (exact) mass is 499 g/mol. The molecule has 2 saturated heterocycles. The van der Waals surface area contributed by atoms with E-state index in [1.54, 1.807) is 36.4 Å². The fourth-order valence-corrected chi connectivity index (χ4v) is 5.66. The molecule has 0 unspecified atom stereocenters. The maximum atomic E-state index is 13.5. The summed E-state index contributed by atoms with van der Waals surface area (Å²) in [7, 11) is -3.78. The van der Waals surface area contributed by atoms with Crippen LogP contribution in [0.4, 0.5) is 11.4 Å². The van der Waals surface area contributed by atoms with Crippen LogP contribution < -0.4 is 15.8 Å². The second kappa shape index (κ2) is 9.78. The van der Waals surface area contributed by atoms with Gasteiger partial charge in [0.15, 0.2) is 0 Å². The van der Waals surface area contributed by atoms with Crippen LogP contribution in [0.2, 0.25) is 0 Å². The van der Waals surface area contributed by atoms with Crippen LogP contribution in [0, 0.1) is 0 Å². The van der Waals surface area contributed by atoms with Crippen molar-refractivity contribution in [3.05, 3.63) is 64.5 Å². The van der Waals surface area contributed by atoms with E-state index < -0.39 is 21.6 Å². The maximum absolute atomic E-state index is 13.5. The van der Waals surface area contributed by atoms with Gasteiger partial charge in [0.05, 0.1) is 36.9 Å². The molecule has 35 heavy (non-hydrogen) atoms. The molecule has 11 heteroatoms. The van der Waals surface area contributed by atoms with Crippen LogP contribution in [0.5, 0.6) is 0 Å². The van der Waals surface area contributed by atoms with Crippen LogP contribution in [0.3, 0.4) is 0 Å². The topological polar surface area (TPSA) is 118 Å². The first-order valence-electron chi connectivity index (χ1n) is 11.3. The van der Waals surface area contributed by atoms with Gasteiger partial charge in [-0.05, 0) is 42.5 Å². The smallest absolute Gasteiger partial charge is 0.336 e. The molecule has 2 fully saturated rings. The third-order valence-corrected chi connectivity index (χ3v) is 7.94. The van der Waals surface area contributed by atoms with Crippen molar-refractivity contribution in [2.45, 2.75) is 4.90 Å². The van der Waals surface area contributed by atoms with E-state index in [0.29, 0.717) is 61.9 Å². The number of hydrogen-bond acceptors (Lipinski definition) is 8. The molecule has 10 nitrogen and oxygen atoms in total. The standard InChI is InChI=1S/C24H25N3O7S/c28-23-6-1-17-15-18(2-5-22(17)34-23)25-24(29)20-16-19(35(30,31)27-9-13-33-14-10-27)3-4-21(20)26-7-11-32-12-8-26/h1-6,15-16H,7-14H2,(H,25,29). The summed E-state index contributed by atoms with van der Waals surface area (Å²) in [6.45, 7) is 3.41. The van der Waals surface area contributed by atoms with Gasteiger partial charge in [0, 0.05) is 49.0 Å². The maximum Gasteiger partial charge on any atom is 0.336 e. The van der Waals surface area contributed by atoms with E-state index >= 15 is 0 Å². The predicted octanol–water partition coefficient (Wildman–Crippen LogP) is 1.90. The molecular formula is C24H25N3O7S. The van der Waals surface area contributed by atoms with E-state index in [2.05, 4.69) is 5.32 Å². The minimum absolute atomic E-state index is 0.0573. The van der Waals surface area contributed by atoms with Crippen molar-refractivity contribution in [1.29, 1.82) is 0 Å². The van der Waals surface area contributed by atoms with E-state index in [1.165, 1.54) is 16.4 Å². The van der Waals surface area contributed by atoms with Crippen molar-refractivity contribution in [1.82, 2.24) is 4.31 Å². The number of anilines is 2. The van der Waals surface area contributed by atoms with Crippen molar-refractivity contribution in [3.63, 3.8) is 0 Å². The average molecular weight is 500 g/mol. The number of morpholine rings is 2. The number of carbonyl (C=O) groups is 1. The van der Waals surface area contributed by atoms with E-state index in [1.807, 2.05) is 4.90 Å². The lowest BCUT2D eigenvalue weighted by Gasteiger charge is -2.31. The van der Waals surface area contributed by atoms with Gasteiger partial charge in [0.1, 0.15) is 5.58 Å². The summed E-state index contributed by atoms with van der Waals surface area (Å²) in [5.41, 5.74) is 1.33. The Morgan fingerprint density at radius 2 is 1.57 bits per heavy atom. The molecular weight excluding hydrogens is 474 g/mol. The summed E-state index contributed by atoms with van der Waals surface area (Å²) < 4.78 is 43.7. The number of carbonyl (C=O) groups excluding carboxylic acids is 1. The second-order valence-electron chi connectivity index (χ2n) is 8.26.